The van der Waals surface area contributed by atoms with Crippen molar-refractivity contribution in [3.05, 3.63) is 97.2 Å². The van der Waals surface area contributed by atoms with E-state index in [0.29, 0.717) is 26.2 Å². The van der Waals surface area contributed by atoms with E-state index >= 15 is 0 Å². The highest BCUT2D eigenvalue weighted by molar-refractivity contribution is 6.33. The number of esters is 1. The summed E-state index contributed by atoms with van der Waals surface area (Å²) in [5, 5.41) is 8.63. The molecular weight excluding hydrogens is 583 g/mol. The van der Waals surface area contributed by atoms with Gasteiger partial charge >= 0.3 is 17.3 Å². The van der Waals surface area contributed by atoms with Crippen molar-refractivity contribution in [3.63, 3.8) is 0 Å². The van der Waals surface area contributed by atoms with Gasteiger partial charge < -0.3 is 4.74 Å². The van der Waals surface area contributed by atoms with E-state index in [1.807, 2.05) is 0 Å². The molecule has 0 bridgehead atoms. The fourth-order valence-corrected chi connectivity index (χ4v) is 4.27. The highest BCUT2D eigenvalue weighted by Crippen LogP contribution is 2.29. The van der Waals surface area contributed by atoms with Crippen LogP contribution in [0.5, 0.6) is 0 Å². The van der Waals surface area contributed by atoms with Crippen LogP contribution < -0.4 is 17.0 Å². The summed E-state index contributed by atoms with van der Waals surface area (Å²) in [6.45, 7) is -3.96. The molecule has 0 aliphatic carbocycles. The van der Waals surface area contributed by atoms with E-state index in [9.17, 15) is 27.6 Å². The Morgan fingerprint density at radius 2 is 1.74 bits per heavy atom. The monoisotopic (exact) mass is 606 g/mol. The second-order valence-electron chi connectivity index (χ2n) is 8.97. The summed E-state index contributed by atoms with van der Waals surface area (Å²) in [6, 6.07) is 3.78. The lowest BCUT2D eigenvalue weighted by Gasteiger charge is -2.16. The quantitative estimate of drug-likeness (QED) is 0.203. The van der Waals surface area contributed by atoms with Crippen LogP contribution in [0.2, 0.25) is 5.02 Å². The number of nitrogens with zero attached hydrogens (tertiary/aromatic N) is 9. The first kappa shape index (κ1) is 24.8. The van der Waals surface area contributed by atoms with Crippen LogP contribution in [0.25, 0.3) is 10.9 Å². The number of hydrogen-bond donors (Lipinski definition) is 0. The average Bonchev–Trinajstić information content (AvgIpc) is 3.57. The summed E-state index contributed by atoms with van der Waals surface area (Å²) >= 11 is 6.45. The normalized spacial score (nSPS) is 13.3. The molecule has 0 atom stereocenters. The van der Waals surface area contributed by atoms with Gasteiger partial charge in [-0.3, -0.25) is 18.7 Å². The number of rotatable bonds is 7. The van der Waals surface area contributed by atoms with E-state index in [1.54, 1.807) is 13.2 Å². The highest BCUT2D eigenvalue weighted by atomic mass is 35.5. The van der Waals surface area contributed by atoms with E-state index in [1.165, 1.54) is 16.8 Å². The summed E-state index contributed by atoms with van der Waals surface area (Å²) in [5.41, 5.74) is -2.79. The van der Waals surface area contributed by atoms with Crippen molar-refractivity contribution in [1.29, 1.82) is 0 Å². The molecule has 3 heterocycles. The maximum atomic E-state index is 14.8. The first-order chi connectivity index (χ1) is 21.1. The van der Waals surface area contributed by atoms with Gasteiger partial charge in [-0.25, -0.2) is 41.9 Å². The number of carbonyl (C=O) groups excluding carboxylic acids is 1. The molecule has 218 valence electrons. The van der Waals surface area contributed by atoms with Crippen LogP contribution in [-0.4, -0.2) is 44.2 Å². The van der Waals surface area contributed by atoms with E-state index < -0.39 is 72.8 Å². The summed E-state index contributed by atoms with van der Waals surface area (Å²) < 4.78 is 74.3. The molecule has 5 aromatic rings. The van der Waals surface area contributed by atoms with Crippen molar-refractivity contribution in [2.24, 2.45) is 19.0 Å². The Hall–Kier alpha value is -4.99. The molecule has 5 rings (SSSR count). The minimum Gasteiger partial charge on any atom is -0.444 e. The van der Waals surface area contributed by atoms with Crippen LogP contribution in [0.4, 0.5) is 18.9 Å². The van der Waals surface area contributed by atoms with Gasteiger partial charge in [-0.05, 0) is 18.2 Å². The number of hydrogen-bond acceptors (Lipinski definition) is 8. The zero-order valence-corrected chi connectivity index (χ0v) is 22.5. The number of aryl methyl sites for hydroxylation is 2. The van der Waals surface area contributed by atoms with Gasteiger partial charge in [-0.2, -0.15) is 10.2 Å². The lowest BCUT2D eigenvalue weighted by molar-refractivity contribution is -0.145. The molecule has 0 spiro atoms. The number of fused-ring (bicyclic) bond motifs is 1. The van der Waals surface area contributed by atoms with Crippen LogP contribution in [0, 0.1) is 17.5 Å². The molecule has 17 heteroatoms. The summed E-state index contributed by atoms with van der Waals surface area (Å²) in [5.74, 6) is -5.20. The van der Waals surface area contributed by atoms with Crippen molar-refractivity contribution in [2.45, 2.75) is 26.7 Å². The Balaban J connectivity index is 1.82. The third-order valence-electron chi connectivity index (χ3n) is 5.97. The van der Waals surface area contributed by atoms with Crippen molar-refractivity contribution in [2.75, 3.05) is 0 Å². The fourth-order valence-electron chi connectivity index (χ4n) is 4.07. The van der Waals surface area contributed by atoms with Gasteiger partial charge in [-0.1, -0.05) is 11.6 Å². The van der Waals surface area contributed by atoms with E-state index in [-0.39, 0.29) is 22.6 Å². The van der Waals surface area contributed by atoms with Gasteiger partial charge in [-0.15, -0.1) is 0 Å². The maximum absolute atomic E-state index is 14.8. The fraction of sp³-hybridized carbons (Fsp3) is 0.240. The zero-order chi connectivity index (χ0) is 32.8. The van der Waals surface area contributed by atoms with Crippen molar-refractivity contribution in [1.82, 2.24) is 38.2 Å². The van der Waals surface area contributed by atoms with E-state index in [0.717, 1.165) is 22.4 Å². The smallest absolute Gasteiger partial charge is 0.338 e. The van der Waals surface area contributed by atoms with Crippen LogP contribution >= 0.6 is 11.6 Å². The Labute approximate surface area is 242 Å². The highest BCUT2D eigenvalue weighted by Gasteiger charge is 2.20. The molecule has 0 radical (unpaired) electrons. The minimum absolute atomic E-state index is 0.0166. The Bertz CT molecular complexity index is 2170. The molecular formula is C25H21ClF3N9O4. The number of benzene rings is 2. The molecule has 3 aromatic heterocycles. The third-order valence-corrected chi connectivity index (χ3v) is 6.27. The first-order valence-electron chi connectivity index (χ1n) is 13.4. The van der Waals surface area contributed by atoms with Gasteiger partial charge in [0, 0.05) is 48.3 Å². The Morgan fingerprint density at radius 1 is 1.00 bits per heavy atom. The van der Waals surface area contributed by atoms with Crippen molar-refractivity contribution in [3.8, 4) is 0 Å². The molecule has 0 amide bonds. The lowest BCUT2D eigenvalue weighted by atomic mass is 10.2. The van der Waals surface area contributed by atoms with E-state index in [2.05, 4.69) is 20.2 Å². The molecule has 2 aromatic carbocycles. The Morgan fingerprint density at radius 3 is 2.45 bits per heavy atom. The topological polar surface area (TPSA) is 136 Å². The number of ether oxygens (including phenoxy) is 1. The molecule has 0 aliphatic rings. The molecule has 0 saturated carbocycles. The third kappa shape index (κ3) is 5.60. The predicted molar refractivity (Wildman–Crippen MR) is 141 cm³/mol. The summed E-state index contributed by atoms with van der Waals surface area (Å²) in [4.78, 5) is 47.6. The molecule has 0 aliphatic heterocycles. The van der Waals surface area contributed by atoms with Gasteiger partial charge in [0.1, 0.15) is 12.1 Å². The largest absolute Gasteiger partial charge is 0.444 e. The second kappa shape index (κ2) is 11.1. The molecule has 0 unspecified atom stereocenters. The molecule has 13 nitrogen and oxygen atoms in total. The predicted octanol–water partition coefficient (Wildman–Crippen LogP) is 1.75. The number of carbonyl (C=O) groups is 1. The zero-order valence-electron chi connectivity index (χ0n) is 24.8. The molecule has 0 saturated heterocycles. The number of halogens is 4. The van der Waals surface area contributed by atoms with Gasteiger partial charge in [0.2, 0.25) is 5.62 Å². The minimum atomic E-state index is -2.72. The average molecular weight is 607 g/mol. The standard InChI is InChI=1S/C25H21ClF3N9O4/c1-13(39)42-12-38-23(31-21-5-15-8-34(2)32-20(15)6-16(21)26)36(9-14-4-18(28)19(29)7-17(14)27)24(40)37(25(38)41)10-22-30-11-35(3)33-22/h4-8,11H,9-10,12H2,1-3H3/i3D3. The van der Waals surface area contributed by atoms with Crippen LogP contribution in [0.15, 0.2) is 51.4 Å². The molecule has 0 fully saturated rings. The van der Waals surface area contributed by atoms with Crippen LogP contribution in [0.3, 0.4) is 0 Å². The second-order valence-corrected chi connectivity index (χ2v) is 9.38. The summed E-state index contributed by atoms with van der Waals surface area (Å²) in [7, 11) is 1.67. The molecule has 0 N–H and O–H groups in total. The first-order valence-corrected chi connectivity index (χ1v) is 12.3. The van der Waals surface area contributed by atoms with Crippen LogP contribution in [0.1, 0.15) is 22.4 Å². The van der Waals surface area contributed by atoms with Gasteiger partial charge in [0.05, 0.1) is 29.3 Å². The number of aromatic nitrogens is 8. The van der Waals surface area contributed by atoms with Gasteiger partial charge in [0.25, 0.3) is 0 Å². The summed E-state index contributed by atoms with van der Waals surface area (Å²) in [6.07, 6.45) is 2.51. The van der Waals surface area contributed by atoms with Crippen molar-refractivity contribution < 1.29 is 26.8 Å². The van der Waals surface area contributed by atoms with E-state index in [4.69, 9.17) is 20.5 Å². The molecule has 42 heavy (non-hydrogen) atoms. The van der Waals surface area contributed by atoms with Crippen LogP contribution in [-0.2, 0) is 43.4 Å². The SMILES string of the molecule is [2H]C([2H])([2H])n1cnc(Cn2c(=O)n(COC(C)=O)c(=Nc3cc4cn(C)nc4cc3Cl)n(Cc3cc(F)c(F)cc3F)c2=O)n1. The maximum Gasteiger partial charge on any atom is 0.338 e. The van der Waals surface area contributed by atoms with Crippen molar-refractivity contribution >= 4 is 34.2 Å². The van der Waals surface area contributed by atoms with Gasteiger partial charge in [0.15, 0.2) is 24.2 Å². The lowest BCUT2D eigenvalue weighted by Crippen LogP contribution is -2.55. The Kier molecular flexibility index (Phi) is 6.56.